The van der Waals surface area contributed by atoms with E-state index in [1.807, 2.05) is 19.2 Å². The molecule has 7 heteroatoms. The summed E-state index contributed by atoms with van der Waals surface area (Å²) < 4.78 is 5.70. The van der Waals surface area contributed by atoms with Crippen molar-refractivity contribution in [2.75, 3.05) is 37.7 Å². The zero-order valence-electron chi connectivity index (χ0n) is 16.3. The summed E-state index contributed by atoms with van der Waals surface area (Å²) in [5.41, 5.74) is 8.39. The molecule has 2 aliphatic rings. The molecule has 28 heavy (non-hydrogen) atoms. The molecule has 0 atom stereocenters. The predicted molar refractivity (Wildman–Crippen MR) is 116 cm³/mol. The minimum Gasteiger partial charge on any atom is -0.491 e. The maximum atomic E-state index is 5.70. The molecule has 0 saturated carbocycles. The zero-order chi connectivity index (χ0) is 19.5. The molecule has 4 rings (SSSR count). The lowest BCUT2D eigenvalue weighted by molar-refractivity contribution is 0.317. The Hall–Kier alpha value is -2.67. The van der Waals surface area contributed by atoms with Gasteiger partial charge in [-0.15, -0.1) is 0 Å². The highest BCUT2D eigenvalue weighted by Crippen LogP contribution is 2.24. The molecule has 1 aromatic heterocycles. The number of hydrogen-bond donors (Lipinski definition) is 1. The summed E-state index contributed by atoms with van der Waals surface area (Å²) in [4.78, 5) is 9.05. The smallest absolute Gasteiger partial charge is 0.189 e. The van der Waals surface area contributed by atoms with Crippen LogP contribution < -0.4 is 15.1 Å². The number of aryl methyl sites for hydroxylation is 2. The molecule has 0 aliphatic carbocycles. The first-order valence-corrected chi connectivity index (χ1v) is 10.0. The van der Waals surface area contributed by atoms with E-state index in [0.717, 1.165) is 55.3 Å². The predicted octanol–water partition coefficient (Wildman–Crippen LogP) is 2.88. The molecule has 146 valence electrons. The summed E-state index contributed by atoms with van der Waals surface area (Å²) in [6.45, 7) is 8.37. The van der Waals surface area contributed by atoms with E-state index in [4.69, 9.17) is 17.0 Å². The van der Waals surface area contributed by atoms with Gasteiger partial charge in [0.1, 0.15) is 11.4 Å². The Morgan fingerprint density at radius 2 is 1.86 bits per heavy atom. The third-order valence-corrected chi connectivity index (χ3v) is 5.46. The summed E-state index contributed by atoms with van der Waals surface area (Å²) in [5, 5.41) is 5.21. The van der Waals surface area contributed by atoms with E-state index in [1.165, 1.54) is 11.3 Å². The van der Waals surface area contributed by atoms with Crippen LogP contribution in [0.1, 0.15) is 23.2 Å². The molecule has 0 unspecified atom stereocenters. The van der Waals surface area contributed by atoms with Crippen LogP contribution in [0.25, 0.3) is 0 Å². The van der Waals surface area contributed by atoms with Crippen molar-refractivity contribution in [1.29, 1.82) is 0 Å². The van der Waals surface area contributed by atoms with Gasteiger partial charge in [-0.05, 0) is 49.8 Å². The van der Waals surface area contributed by atoms with Crippen LogP contribution in [0.5, 0.6) is 5.75 Å². The minimum atomic E-state index is 0.612. The molecule has 0 radical (unpaired) electrons. The SMILES string of the molecule is Cc1ccc(N2CCN(C(=S)N/N=C3/CCOc4cc(C)cnc43)CC2)cc1. The number of pyridine rings is 1. The lowest BCUT2D eigenvalue weighted by Gasteiger charge is -2.37. The normalized spacial score (nSPS) is 17.9. The van der Waals surface area contributed by atoms with Crippen LogP contribution in [-0.2, 0) is 0 Å². The molecule has 6 nitrogen and oxygen atoms in total. The molecule has 1 fully saturated rings. The van der Waals surface area contributed by atoms with Crippen LogP contribution in [0.4, 0.5) is 5.69 Å². The number of fused-ring (bicyclic) bond motifs is 1. The third-order valence-electron chi connectivity index (χ3n) is 5.11. The lowest BCUT2D eigenvalue weighted by atomic mass is 10.1. The number of hydrazone groups is 1. The molecule has 1 saturated heterocycles. The van der Waals surface area contributed by atoms with E-state index in [-0.39, 0.29) is 0 Å². The number of piperazine rings is 1. The van der Waals surface area contributed by atoms with Crippen LogP contribution in [0.3, 0.4) is 0 Å². The van der Waals surface area contributed by atoms with E-state index in [1.54, 1.807) is 0 Å². The third kappa shape index (κ3) is 4.09. The average molecular weight is 396 g/mol. The maximum Gasteiger partial charge on any atom is 0.189 e. The number of ether oxygens (including phenoxy) is 1. The van der Waals surface area contributed by atoms with Crippen molar-refractivity contribution in [2.24, 2.45) is 5.10 Å². The second-order valence-electron chi connectivity index (χ2n) is 7.24. The average Bonchev–Trinajstić information content (AvgIpc) is 2.72. The summed E-state index contributed by atoms with van der Waals surface area (Å²) in [5.74, 6) is 0.796. The number of nitrogens with zero attached hydrogens (tertiary/aromatic N) is 4. The largest absolute Gasteiger partial charge is 0.491 e. The Morgan fingerprint density at radius 1 is 1.11 bits per heavy atom. The zero-order valence-corrected chi connectivity index (χ0v) is 17.1. The summed E-state index contributed by atoms with van der Waals surface area (Å²) >= 11 is 5.57. The monoisotopic (exact) mass is 395 g/mol. The highest BCUT2D eigenvalue weighted by Gasteiger charge is 2.21. The Morgan fingerprint density at radius 3 is 2.61 bits per heavy atom. The van der Waals surface area contributed by atoms with E-state index < -0.39 is 0 Å². The molecule has 0 bridgehead atoms. The van der Waals surface area contributed by atoms with Crippen LogP contribution in [-0.4, -0.2) is 53.5 Å². The Labute approximate surface area is 171 Å². The first-order valence-electron chi connectivity index (χ1n) is 9.63. The van der Waals surface area contributed by atoms with Gasteiger partial charge in [-0.1, -0.05) is 17.7 Å². The number of anilines is 1. The lowest BCUT2D eigenvalue weighted by Crippen LogP contribution is -2.51. The van der Waals surface area contributed by atoms with Gasteiger partial charge in [0.2, 0.25) is 0 Å². The van der Waals surface area contributed by atoms with E-state index >= 15 is 0 Å². The number of benzene rings is 1. The van der Waals surface area contributed by atoms with E-state index in [0.29, 0.717) is 11.7 Å². The van der Waals surface area contributed by atoms with Crippen molar-refractivity contribution in [2.45, 2.75) is 20.3 Å². The van der Waals surface area contributed by atoms with Gasteiger partial charge in [0.15, 0.2) is 5.11 Å². The van der Waals surface area contributed by atoms with Gasteiger partial charge < -0.3 is 14.5 Å². The van der Waals surface area contributed by atoms with Crippen molar-refractivity contribution in [3.63, 3.8) is 0 Å². The highest BCUT2D eigenvalue weighted by molar-refractivity contribution is 7.80. The van der Waals surface area contributed by atoms with Gasteiger partial charge >= 0.3 is 0 Å². The second kappa shape index (κ2) is 8.14. The minimum absolute atomic E-state index is 0.612. The van der Waals surface area contributed by atoms with E-state index in [2.05, 4.69) is 56.5 Å². The van der Waals surface area contributed by atoms with Gasteiger partial charge in [-0.3, -0.25) is 10.4 Å². The molecule has 1 N–H and O–H groups in total. The first kappa shape index (κ1) is 18.7. The topological polar surface area (TPSA) is 53.0 Å². The number of aromatic nitrogens is 1. The van der Waals surface area contributed by atoms with Gasteiger partial charge in [0.25, 0.3) is 0 Å². The number of thiocarbonyl (C=S) groups is 1. The molecular formula is C21H25N5OS. The van der Waals surface area contributed by atoms with Crippen LogP contribution in [0.15, 0.2) is 41.6 Å². The number of rotatable bonds is 2. The van der Waals surface area contributed by atoms with Gasteiger partial charge in [-0.2, -0.15) is 5.10 Å². The summed E-state index contributed by atoms with van der Waals surface area (Å²) in [6.07, 6.45) is 2.56. The number of hydrogen-bond acceptors (Lipinski definition) is 5. The molecule has 1 aromatic carbocycles. The van der Waals surface area contributed by atoms with E-state index in [9.17, 15) is 0 Å². The molecule has 3 heterocycles. The fourth-order valence-corrected chi connectivity index (χ4v) is 3.69. The standard InChI is InChI=1S/C21H25N5OS/c1-15-3-5-17(6-4-15)25-8-10-26(11-9-25)21(28)24-23-18-7-12-27-19-13-16(2)14-22-20(18)19/h3-6,13-14H,7-12H2,1-2H3,(H,24,28)/b23-18-. The van der Waals surface area contributed by atoms with Crippen LogP contribution >= 0.6 is 12.2 Å². The van der Waals surface area contributed by atoms with Crippen molar-refractivity contribution < 1.29 is 4.74 Å². The van der Waals surface area contributed by atoms with Crippen LogP contribution in [0, 0.1) is 13.8 Å². The molecule has 0 amide bonds. The Balaban J connectivity index is 1.35. The van der Waals surface area contributed by atoms with Crippen molar-refractivity contribution in [3.8, 4) is 5.75 Å². The molecular weight excluding hydrogens is 370 g/mol. The fourth-order valence-electron chi connectivity index (χ4n) is 3.46. The Bertz CT molecular complexity index is 888. The summed E-state index contributed by atoms with van der Waals surface area (Å²) in [6, 6.07) is 10.7. The Kier molecular flexibility index (Phi) is 5.43. The fraction of sp³-hybridized carbons (Fsp3) is 0.381. The van der Waals surface area contributed by atoms with Crippen molar-refractivity contribution in [1.82, 2.24) is 15.3 Å². The molecule has 2 aromatic rings. The van der Waals surface area contributed by atoms with Gasteiger partial charge in [0, 0.05) is 44.5 Å². The second-order valence-corrected chi connectivity index (χ2v) is 7.63. The highest BCUT2D eigenvalue weighted by atomic mass is 32.1. The quantitative estimate of drug-likeness (QED) is 0.623. The van der Waals surface area contributed by atoms with Crippen molar-refractivity contribution >= 4 is 28.7 Å². The maximum absolute atomic E-state index is 5.70. The molecule has 2 aliphatic heterocycles. The first-order chi connectivity index (χ1) is 13.6. The van der Waals surface area contributed by atoms with Gasteiger partial charge in [0.05, 0.1) is 12.3 Å². The van der Waals surface area contributed by atoms with Gasteiger partial charge in [-0.25, -0.2) is 0 Å². The van der Waals surface area contributed by atoms with Crippen molar-refractivity contribution in [3.05, 3.63) is 53.3 Å². The molecule has 0 spiro atoms. The van der Waals surface area contributed by atoms with Crippen LogP contribution in [0.2, 0.25) is 0 Å². The number of nitrogens with one attached hydrogen (secondary N) is 1. The summed E-state index contributed by atoms with van der Waals surface area (Å²) in [7, 11) is 0.